The number of hydrogen-bond donors (Lipinski definition) is 1. The summed E-state index contributed by atoms with van der Waals surface area (Å²) in [5, 5.41) is 7.72. The third-order valence-electron chi connectivity index (χ3n) is 4.26. The van der Waals surface area contributed by atoms with Crippen molar-refractivity contribution < 1.29 is 9.90 Å². The zero-order chi connectivity index (χ0) is 17.6. The lowest BCUT2D eigenvalue weighted by Crippen LogP contribution is -1.86. The van der Waals surface area contributed by atoms with Crippen molar-refractivity contribution in [2.45, 2.75) is 130 Å². The van der Waals surface area contributed by atoms with E-state index in [1.54, 1.807) is 6.92 Å². The van der Waals surface area contributed by atoms with Gasteiger partial charge in [0.15, 0.2) is 0 Å². The second-order valence-electron chi connectivity index (χ2n) is 6.70. The van der Waals surface area contributed by atoms with Gasteiger partial charge >= 0.3 is 5.97 Å². The smallest absolute Gasteiger partial charge is 0.303 e. The summed E-state index contributed by atoms with van der Waals surface area (Å²) in [6.45, 7) is 6.19. The molecule has 0 bridgehead atoms. The van der Waals surface area contributed by atoms with Crippen LogP contribution >= 0.6 is 0 Å². The molecule has 2 heteroatoms. The van der Waals surface area contributed by atoms with Crippen molar-refractivity contribution in [3.05, 3.63) is 0 Å². The number of unbranched alkanes of at least 4 members (excludes halogenated alkanes) is 15. The molecule has 0 atom stereocenters. The lowest BCUT2D eigenvalue weighted by molar-refractivity contribution is -0.136. The summed E-state index contributed by atoms with van der Waals surface area (Å²) in [7, 11) is 0. The third-order valence-corrected chi connectivity index (χ3v) is 4.26. The van der Waals surface area contributed by atoms with Gasteiger partial charge in [-0.25, -0.2) is 0 Å². The van der Waals surface area contributed by atoms with Gasteiger partial charge in [-0.05, 0) is 0 Å². The van der Waals surface area contributed by atoms with E-state index in [1.165, 1.54) is 103 Å². The molecule has 0 aliphatic heterocycles. The average Bonchev–Trinajstić information content (AvgIpc) is 2.55. The molecule has 2 nitrogen and oxygen atoms in total. The number of carboxylic acid groups (broad SMARTS) is 1. The van der Waals surface area contributed by atoms with Crippen LogP contribution in [0.3, 0.4) is 0 Å². The molecule has 0 unspecified atom stereocenters. The summed E-state index contributed by atoms with van der Waals surface area (Å²) >= 11 is 0. The molecule has 1 N–H and O–H groups in total. The van der Waals surface area contributed by atoms with Crippen LogP contribution in [0, 0.1) is 0 Å². The molecule has 0 spiro atoms. The van der Waals surface area contributed by atoms with Crippen LogP contribution < -0.4 is 0 Å². The minimum atomic E-state index is -0.745. The normalized spacial score (nSPS) is 10.2. The Morgan fingerprint density at radius 2 is 0.696 bits per heavy atom. The van der Waals surface area contributed by atoms with E-state index < -0.39 is 5.97 Å². The van der Waals surface area contributed by atoms with Gasteiger partial charge in [-0.1, -0.05) is 124 Å². The Morgan fingerprint density at radius 1 is 0.522 bits per heavy atom. The van der Waals surface area contributed by atoms with Gasteiger partial charge in [0.1, 0.15) is 0 Å². The topological polar surface area (TPSA) is 37.3 Å². The third kappa shape index (κ3) is 30.0. The fourth-order valence-electron chi connectivity index (χ4n) is 2.62. The molecule has 0 saturated heterocycles. The summed E-state index contributed by atoms with van der Waals surface area (Å²) < 4.78 is 0. The van der Waals surface area contributed by atoms with Gasteiger partial charge in [-0.3, -0.25) is 4.79 Å². The van der Waals surface area contributed by atoms with E-state index in [9.17, 15) is 4.79 Å². The highest BCUT2D eigenvalue weighted by atomic mass is 16.4. The second-order valence-corrected chi connectivity index (χ2v) is 6.70. The number of rotatable bonds is 16. The predicted molar refractivity (Wildman–Crippen MR) is 103 cm³/mol. The molecular weight excluding hydrogens is 284 g/mol. The Balaban J connectivity index is 0. The molecule has 0 rings (SSSR count). The van der Waals surface area contributed by atoms with Gasteiger partial charge in [0.25, 0.3) is 0 Å². The molecule has 0 heterocycles. The van der Waals surface area contributed by atoms with Crippen LogP contribution in [0.25, 0.3) is 0 Å². The Labute approximate surface area is 146 Å². The molecule has 0 radical (unpaired) electrons. The minimum absolute atomic E-state index is 0.222. The highest BCUT2D eigenvalue weighted by Crippen LogP contribution is 2.13. The summed E-state index contributed by atoms with van der Waals surface area (Å²) in [5.74, 6) is -0.745. The number of aliphatic carboxylic acids is 1. The van der Waals surface area contributed by atoms with Gasteiger partial charge in [0, 0.05) is 6.42 Å². The molecule has 140 valence electrons. The molecule has 0 amide bonds. The molecular formula is C21H44O2. The second kappa shape index (κ2) is 23.7. The molecule has 0 fully saturated rings. The summed E-state index contributed by atoms with van der Waals surface area (Å²) in [6.07, 6.45) is 23.6. The van der Waals surface area contributed by atoms with Gasteiger partial charge in [-0.15, -0.1) is 0 Å². The first-order chi connectivity index (χ1) is 11.2. The van der Waals surface area contributed by atoms with Crippen molar-refractivity contribution in [1.29, 1.82) is 0 Å². The van der Waals surface area contributed by atoms with Crippen LogP contribution in [0.15, 0.2) is 0 Å². The van der Waals surface area contributed by atoms with Gasteiger partial charge in [0.2, 0.25) is 0 Å². The van der Waals surface area contributed by atoms with Crippen molar-refractivity contribution in [1.82, 2.24) is 0 Å². The van der Waals surface area contributed by atoms with E-state index in [2.05, 4.69) is 13.8 Å². The maximum atomic E-state index is 9.37. The lowest BCUT2D eigenvalue weighted by Gasteiger charge is -2.03. The first-order valence-electron chi connectivity index (χ1n) is 10.4. The molecule has 0 aromatic rings. The fraction of sp³-hybridized carbons (Fsp3) is 0.952. The SMILES string of the molecule is CCC(=O)O.CCCCCCCCCCCCCCCCCC. The fourth-order valence-corrected chi connectivity index (χ4v) is 2.62. The summed E-state index contributed by atoms with van der Waals surface area (Å²) in [6, 6.07) is 0. The van der Waals surface area contributed by atoms with E-state index in [-0.39, 0.29) is 6.42 Å². The zero-order valence-electron chi connectivity index (χ0n) is 16.4. The van der Waals surface area contributed by atoms with E-state index >= 15 is 0 Å². The molecule has 0 aromatic carbocycles. The van der Waals surface area contributed by atoms with E-state index in [4.69, 9.17) is 5.11 Å². The van der Waals surface area contributed by atoms with Crippen LogP contribution in [-0.4, -0.2) is 11.1 Å². The quantitative estimate of drug-likeness (QED) is 0.294. The standard InChI is InChI=1S/C18H38.C3H6O2/c1-3-5-7-9-11-13-15-17-18-16-14-12-10-8-6-4-2;1-2-3(4)5/h3-18H2,1-2H3;2H2,1H3,(H,4,5). The minimum Gasteiger partial charge on any atom is -0.481 e. The number of carboxylic acids is 1. The summed E-state index contributed by atoms with van der Waals surface area (Å²) in [5.41, 5.74) is 0. The van der Waals surface area contributed by atoms with Gasteiger partial charge in [-0.2, -0.15) is 0 Å². The highest BCUT2D eigenvalue weighted by Gasteiger charge is 1.93. The molecule has 0 aliphatic rings. The van der Waals surface area contributed by atoms with E-state index in [1.807, 2.05) is 0 Å². The van der Waals surface area contributed by atoms with E-state index in [0.29, 0.717) is 0 Å². The molecule has 0 aliphatic carbocycles. The number of carbonyl (C=O) groups is 1. The van der Waals surface area contributed by atoms with Crippen molar-refractivity contribution in [2.24, 2.45) is 0 Å². The Morgan fingerprint density at radius 3 is 0.826 bits per heavy atom. The van der Waals surface area contributed by atoms with Crippen LogP contribution in [0.4, 0.5) is 0 Å². The van der Waals surface area contributed by atoms with E-state index in [0.717, 1.165) is 0 Å². The van der Waals surface area contributed by atoms with Crippen LogP contribution in [0.1, 0.15) is 130 Å². The van der Waals surface area contributed by atoms with Crippen molar-refractivity contribution in [2.75, 3.05) is 0 Å². The molecule has 0 aromatic heterocycles. The Hall–Kier alpha value is -0.530. The molecule has 0 saturated carbocycles. The zero-order valence-corrected chi connectivity index (χ0v) is 16.4. The van der Waals surface area contributed by atoms with Crippen LogP contribution in [0.2, 0.25) is 0 Å². The van der Waals surface area contributed by atoms with Crippen LogP contribution in [-0.2, 0) is 4.79 Å². The largest absolute Gasteiger partial charge is 0.481 e. The average molecular weight is 329 g/mol. The molecule has 23 heavy (non-hydrogen) atoms. The monoisotopic (exact) mass is 328 g/mol. The first kappa shape index (κ1) is 24.7. The maximum Gasteiger partial charge on any atom is 0.303 e. The highest BCUT2D eigenvalue weighted by molar-refractivity contribution is 5.66. The maximum absolute atomic E-state index is 9.37. The number of hydrogen-bond acceptors (Lipinski definition) is 1. The first-order valence-corrected chi connectivity index (χ1v) is 10.4. The Bertz CT molecular complexity index is 198. The lowest BCUT2D eigenvalue weighted by atomic mass is 10.0. The van der Waals surface area contributed by atoms with Crippen LogP contribution in [0.5, 0.6) is 0 Å². The predicted octanol–water partition coefficient (Wildman–Crippen LogP) is 7.75. The summed E-state index contributed by atoms with van der Waals surface area (Å²) in [4.78, 5) is 9.37. The van der Waals surface area contributed by atoms with Gasteiger partial charge < -0.3 is 5.11 Å². The van der Waals surface area contributed by atoms with Crippen molar-refractivity contribution in [3.63, 3.8) is 0 Å². The van der Waals surface area contributed by atoms with Gasteiger partial charge in [0.05, 0.1) is 0 Å². The Kier molecular flexibility index (Phi) is 25.5. The van der Waals surface area contributed by atoms with Crippen molar-refractivity contribution in [3.8, 4) is 0 Å². The van der Waals surface area contributed by atoms with Crippen molar-refractivity contribution >= 4 is 5.97 Å².